The lowest BCUT2D eigenvalue weighted by molar-refractivity contribution is 0.661. The molecule has 0 fully saturated rings. The Labute approximate surface area is 180 Å². The van der Waals surface area contributed by atoms with Gasteiger partial charge in [-0.2, -0.15) is 5.26 Å². The van der Waals surface area contributed by atoms with Gasteiger partial charge in [0.2, 0.25) is 0 Å². The summed E-state index contributed by atoms with van der Waals surface area (Å²) in [6.45, 7) is 0. The SMILES string of the molecule is N#Cc1c(-c2ccccc2)cc(-c2cccs2)nc1SCCCCCCCCl. The molecule has 0 aliphatic rings. The Kier molecular flexibility index (Phi) is 8.42. The highest BCUT2D eigenvalue weighted by Gasteiger charge is 2.16. The summed E-state index contributed by atoms with van der Waals surface area (Å²) < 4.78 is 0. The number of benzene rings is 1. The number of pyridine rings is 1. The van der Waals surface area contributed by atoms with Crippen molar-refractivity contribution in [1.82, 2.24) is 4.98 Å². The van der Waals surface area contributed by atoms with Gasteiger partial charge in [-0.3, -0.25) is 0 Å². The second kappa shape index (κ2) is 11.3. The summed E-state index contributed by atoms with van der Waals surface area (Å²) in [4.78, 5) is 5.98. The zero-order valence-electron chi connectivity index (χ0n) is 15.7. The molecule has 3 rings (SSSR count). The predicted octanol–water partition coefficient (Wildman–Crippen LogP) is 7.63. The Hall–Kier alpha value is -1.80. The van der Waals surface area contributed by atoms with Crippen molar-refractivity contribution in [3.8, 4) is 27.8 Å². The maximum absolute atomic E-state index is 9.87. The zero-order valence-corrected chi connectivity index (χ0v) is 18.1. The van der Waals surface area contributed by atoms with E-state index in [1.54, 1.807) is 23.1 Å². The number of halogens is 1. The van der Waals surface area contributed by atoms with Crippen LogP contribution in [0.1, 0.15) is 37.7 Å². The number of hydrogen-bond acceptors (Lipinski definition) is 4. The van der Waals surface area contributed by atoms with Crippen LogP contribution < -0.4 is 0 Å². The van der Waals surface area contributed by atoms with E-state index in [0.29, 0.717) is 5.56 Å². The highest BCUT2D eigenvalue weighted by molar-refractivity contribution is 7.99. The first-order valence-electron chi connectivity index (χ1n) is 9.56. The van der Waals surface area contributed by atoms with Gasteiger partial charge in [-0.05, 0) is 41.7 Å². The molecule has 0 amide bonds. The van der Waals surface area contributed by atoms with Crippen LogP contribution in [0.3, 0.4) is 0 Å². The Morgan fingerprint density at radius 1 is 1.00 bits per heavy atom. The number of thiophene rings is 1. The molecular weight excluding hydrogens is 404 g/mol. The minimum atomic E-state index is 0.679. The molecule has 0 aliphatic carbocycles. The van der Waals surface area contributed by atoms with E-state index in [9.17, 15) is 5.26 Å². The molecule has 2 nitrogen and oxygen atoms in total. The average Bonchev–Trinajstić information content (AvgIpc) is 3.28. The van der Waals surface area contributed by atoms with Gasteiger partial charge in [-0.25, -0.2) is 4.98 Å². The van der Waals surface area contributed by atoms with Crippen LogP contribution in [-0.4, -0.2) is 16.6 Å². The Morgan fingerprint density at radius 2 is 1.79 bits per heavy atom. The lowest BCUT2D eigenvalue weighted by Gasteiger charge is -2.12. The van der Waals surface area contributed by atoms with Crippen molar-refractivity contribution in [2.45, 2.75) is 37.1 Å². The molecule has 3 aromatic rings. The largest absolute Gasteiger partial charge is 0.239 e. The molecule has 2 heterocycles. The fourth-order valence-electron chi connectivity index (χ4n) is 3.03. The highest BCUT2D eigenvalue weighted by atomic mass is 35.5. The van der Waals surface area contributed by atoms with Crippen LogP contribution in [0.15, 0.2) is 58.9 Å². The van der Waals surface area contributed by atoms with Gasteiger partial charge in [0.15, 0.2) is 0 Å². The second-order valence-electron chi connectivity index (χ2n) is 6.50. The third-order valence-electron chi connectivity index (χ3n) is 4.47. The van der Waals surface area contributed by atoms with Crippen LogP contribution in [0.2, 0.25) is 0 Å². The van der Waals surface area contributed by atoms with E-state index in [0.717, 1.165) is 51.2 Å². The van der Waals surface area contributed by atoms with Gasteiger partial charge in [0.25, 0.3) is 0 Å². The molecule has 0 radical (unpaired) electrons. The lowest BCUT2D eigenvalue weighted by Crippen LogP contribution is -1.96. The number of thioether (sulfide) groups is 1. The standard InChI is InChI=1S/C23H23ClN2S2/c24-13-7-2-1-3-8-14-28-23-20(17-25)19(18-10-5-4-6-11-18)16-21(26-23)22-12-9-15-27-22/h4-6,9-12,15-16H,1-3,7-8,13-14H2. The maximum Gasteiger partial charge on any atom is 0.115 e. The minimum Gasteiger partial charge on any atom is -0.239 e. The van der Waals surface area contributed by atoms with E-state index in [1.165, 1.54) is 19.3 Å². The summed E-state index contributed by atoms with van der Waals surface area (Å²) in [7, 11) is 0. The number of alkyl halides is 1. The Bertz CT molecular complexity index is 902. The molecule has 0 aliphatic heterocycles. The molecule has 1 aromatic carbocycles. The second-order valence-corrected chi connectivity index (χ2v) is 8.90. The van der Waals surface area contributed by atoms with Gasteiger partial charge >= 0.3 is 0 Å². The molecule has 0 bridgehead atoms. The van der Waals surface area contributed by atoms with Gasteiger partial charge in [0, 0.05) is 11.4 Å². The van der Waals surface area contributed by atoms with Crippen LogP contribution in [0.25, 0.3) is 21.7 Å². The highest BCUT2D eigenvalue weighted by Crippen LogP contribution is 2.35. The van der Waals surface area contributed by atoms with Crippen molar-refractivity contribution >= 4 is 34.7 Å². The first-order chi connectivity index (χ1) is 13.8. The number of nitriles is 1. The summed E-state index contributed by atoms with van der Waals surface area (Å²) in [6.07, 6.45) is 5.83. The summed E-state index contributed by atoms with van der Waals surface area (Å²) in [5, 5.41) is 12.8. The van der Waals surface area contributed by atoms with E-state index in [-0.39, 0.29) is 0 Å². The molecule has 0 spiro atoms. The van der Waals surface area contributed by atoms with Crippen LogP contribution in [0.5, 0.6) is 0 Å². The van der Waals surface area contributed by atoms with Crippen LogP contribution in [0, 0.1) is 11.3 Å². The quantitative estimate of drug-likeness (QED) is 0.190. The number of rotatable bonds is 10. The predicted molar refractivity (Wildman–Crippen MR) is 122 cm³/mol. The van der Waals surface area contributed by atoms with Crippen molar-refractivity contribution in [3.05, 3.63) is 59.5 Å². The molecule has 0 saturated carbocycles. The monoisotopic (exact) mass is 426 g/mol. The van der Waals surface area contributed by atoms with E-state index in [4.69, 9.17) is 16.6 Å². The molecule has 0 N–H and O–H groups in total. The number of aromatic nitrogens is 1. The van der Waals surface area contributed by atoms with Gasteiger partial charge in [0.1, 0.15) is 11.1 Å². The molecule has 28 heavy (non-hydrogen) atoms. The Balaban J connectivity index is 1.83. The normalized spacial score (nSPS) is 10.7. The minimum absolute atomic E-state index is 0.679. The lowest BCUT2D eigenvalue weighted by atomic mass is 10.0. The third kappa shape index (κ3) is 5.61. The van der Waals surface area contributed by atoms with Gasteiger partial charge < -0.3 is 0 Å². The van der Waals surface area contributed by atoms with Crippen molar-refractivity contribution in [2.24, 2.45) is 0 Å². The van der Waals surface area contributed by atoms with Crippen molar-refractivity contribution in [3.63, 3.8) is 0 Å². The van der Waals surface area contributed by atoms with Gasteiger partial charge in [0.05, 0.1) is 16.1 Å². The smallest absolute Gasteiger partial charge is 0.115 e. The van der Waals surface area contributed by atoms with Crippen molar-refractivity contribution in [2.75, 3.05) is 11.6 Å². The molecule has 144 valence electrons. The summed E-state index contributed by atoms with van der Waals surface area (Å²) >= 11 is 9.11. The number of nitrogens with zero attached hydrogens (tertiary/aromatic N) is 2. The van der Waals surface area contributed by atoms with Crippen LogP contribution >= 0.6 is 34.7 Å². The van der Waals surface area contributed by atoms with E-state index >= 15 is 0 Å². The van der Waals surface area contributed by atoms with Crippen molar-refractivity contribution < 1.29 is 0 Å². The molecule has 0 atom stereocenters. The van der Waals surface area contributed by atoms with Gasteiger partial charge in [-0.1, -0.05) is 55.7 Å². The number of unbranched alkanes of at least 4 members (excludes halogenated alkanes) is 4. The third-order valence-corrected chi connectivity index (χ3v) is 6.69. The maximum atomic E-state index is 9.87. The van der Waals surface area contributed by atoms with Crippen molar-refractivity contribution in [1.29, 1.82) is 5.26 Å². The average molecular weight is 427 g/mol. The Morgan fingerprint density at radius 3 is 2.50 bits per heavy atom. The summed E-state index contributed by atoms with van der Waals surface area (Å²) in [5.74, 6) is 1.73. The summed E-state index contributed by atoms with van der Waals surface area (Å²) in [5.41, 5.74) is 3.64. The molecule has 0 saturated heterocycles. The topological polar surface area (TPSA) is 36.7 Å². The first kappa shape index (κ1) is 20.9. The van der Waals surface area contributed by atoms with Crippen LogP contribution in [-0.2, 0) is 0 Å². The zero-order chi connectivity index (χ0) is 19.6. The van der Waals surface area contributed by atoms with E-state index < -0.39 is 0 Å². The fraction of sp³-hybridized carbons (Fsp3) is 0.304. The van der Waals surface area contributed by atoms with E-state index in [2.05, 4.69) is 35.7 Å². The molecule has 0 unspecified atom stereocenters. The fourth-order valence-corrected chi connectivity index (χ4v) is 4.91. The van der Waals surface area contributed by atoms with Gasteiger partial charge in [-0.15, -0.1) is 34.7 Å². The summed E-state index contributed by atoms with van der Waals surface area (Å²) in [6, 6.07) is 18.7. The molecule has 2 aromatic heterocycles. The molecule has 5 heteroatoms. The number of hydrogen-bond donors (Lipinski definition) is 0. The first-order valence-corrected chi connectivity index (χ1v) is 12.0. The van der Waals surface area contributed by atoms with Crippen LogP contribution in [0.4, 0.5) is 0 Å². The molecular formula is C23H23ClN2S2. The van der Waals surface area contributed by atoms with E-state index in [1.807, 2.05) is 24.3 Å².